The summed E-state index contributed by atoms with van der Waals surface area (Å²) in [5.41, 5.74) is -0.406. The largest absolute Gasteiger partial charge is 0.353 e. The molecule has 18 heavy (non-hydrogen) atoms. The molecule has 0 radical (unpaired) electrons. The lowest BCUT2D eigenvalue weighted by Crippen LogP contribution is -2.62. The number of piperidine rings is 1. The first kappa shape index (κ1) is 15.8. The van der Waals surface area contributed by atoms with E-state index in [4.69, 9.17) is 11.6 Å². The van der Waals surface area contributed by atoms with Crippen LogP contribution in [0.4, 0.5) is 0 Å². The lowest BCUT2D eigenvalue weighted by molar-refractivity contribution is -0.129. The smallest absolute Gasteiger partial charge is 0.227 e. The first-order valence-electron chi connectivity index (χ1n) is 6.64. The molecule has 0 spiro atoms. The van der Waals surface area contributed by atoms with Crippen LogP contribution in [-0.2, 0) is 4.79 Å². The zero-order valence-corrected chi connectivity index (χ0v) is 13.2. The number of carbonyl (C=O) groups excluding carboxylic acids is 1. The van der Waals surface area contributed by atoms with E-state index in [-0.39, 0.29) is 23.0 Å². The quantitative estimate of drug-likeness (QED) is 0.777. The molecule has 0 atom stereocenters. The van der Waals surface area contributed by atoms with Crippen molar-refractivity contribution in [3.63, 3.8) is 0 Å². The van der Waals surface area contributed by atoms with Gasteiger partial charge in [-0.3, -0.25) is 4.79 Å². The van der Waals surface area contributed by atoms with Crippen molar-refractivity contribution in [2.24, 2.45) is 5.41 Å². The molecule has 0 bridgehead atoms. The number of rotatable bonds is 3. The average Bonchev–Trinajstić information content (AvgIpc) is 2.12. The Morgan fingerprint density at radius 1 is 1.28 bits per heavy atom. The molecule has 1 aliphatic heterocycles. The number of alkyl halides is 1. The van der Waals surface area contributed by atoms with E-state index in [0.717, 1.165) is 12.8 Å². The van der Waals surface area contributed by atoms with Gasteiger partial charge in [0.2, 0.25) is 5.91 Å². The summed E-state index contributed by atoms with van der Waals surface area (Å²) in [6, 6.07) is 0.214. The van der Waals surface area contributed by atoms with Crippen LogP contribution >= 0.6 is 11.6 Å². The Balaban J connectivity index is 2.71. The van der Waals surface area contributed by atoms with Crippen LogP contribution in [0.3, 0.4) is 0 Å². The maximum absolute atomic E-state index is 12.2. The van der Waals surface area contributed by atoms with Gasteiger partial charge in [0.1, 0.15) is 0 Å². The molecule has 1 amide bonds. The molecule has 0 aliphatic carbocycles. The van der Waals surface area contributed by atoms with Crippen molar-refractivity contribution in [1.29, 1.82) is 0 Å². The number of nitrogens with one attached hydrogen (secondary N) is 2. The van der Waals surface area contributed by atoms with Gasteiger partial charge in [0.15, 0.2) is 0 Å². The predicted molar refractivity (Wildman–Crippen MR) is 77.0 cm³/mol. The second-order valence-corrected chi connectivity index (χ2v) is 7.76. The second kappa shape index (κ2) is 5.01. The highest BCUT2D eigenvalue weighted by atomic mass is 35.5. The average molecular weight is 275 g/mol. The van der Waals surface area contributed by atoms with Gasteiger partial charge in [-0.25, -0.2) is 0 Å². The Morgan fingerprint density at radius 3 is 2.11 bits per heavy atom. The van der Waals surface area contributed by atoms with Crippen molar-refractivity contribution in [3.8, 4) is 0 Å². The van der Waals surface area contributed by atoms with Gasteiger partial charge in [0.05, 0.1) is 5.41 Å². The third kappa shape index (κ3) is 4.13. The molecule has 1 fully saturated rings. The van der Waals surface area contributed by atoms with E-state index in [9.17, 15) is 4.79 Å². The summed E-state index contributed by atoms with van der Waals surface area (Å²) in [7, 11) is 0. The van der Waals surface area contributed by atoms with E-state index in [1.165, 1.54) is 0 Å². The molecule has 106 valence electrons. The summed E-state index contributed by atoms with van der Waals surface area (Å²) in [5, 5.41) is 6.77. The molecule has 1 aliphatic rings. The molecule has 0 aromatic heterocycles. The van der Waals surface area contributed by atoms with Gasteiger partial charge in [0, 0.05) is 23.0 Å². The summed E-state index contributed by atoms with van der Waals surface area (Å²) in [6.45, 7) is 12.5. The molecule has 0 unspecified atom stereocenters. The number of hydrogen-bond acceptors (Lipinski definition) is 2. The lowest BCUT2D eigenvalue weighted by atomic mass is 9.79. The van der Waals surface area contributed by atoms with E-state index in [1.807, 2.05) is 13.8 Å². The minimum atomic E-state index is -0.499. The van der Waals surface area contributed by atoms with Gasteiger partial charge in [-0.05, 0) is 54.4 Å². The molecule has 0 aromatic carbocycles. The van der Waals surface area contributed by atoms with E-state index in [1.54, 1.807) is 0 Å². The number of halogens is 1. The second-order valence-electron chi connectivity index (χ2n) is 7.49. The number of amides is 1. The van der Waals surface area contributed by atoms with E-state index < -0.39 is 5.41 Å². The normalized spacial score (nSPS) is 23.7. The number of carbonyl (C=O) groups is 1. The van der Waals surface area contributed by atoms with Crippen molar-refractivity contribution in [2.45, 2.75) is 71.5 Å². The number of hydrogen-bond donors (Lipinski definition) is 2. The van der Waals surface area contributed by atoms with E-state index in [2.05, 4.69) is 38.3 Å². The Morgan fingerprint density at radius 2 is 1.72 bits per heavy atom. The molecule has 1 rings (SSSR count). The maximum atomic E-state index is 12.2. The molecule has 1 heterocycles. The van der Waals surface area contributed by atoms with Crippen molar-refractivity contribution in [2.75, 3.05) is 5.88 Å². The van der Waals surface area contributed by atoms with Gasteiger partial charge in [-0.1, -0.05) is 0 Å². The molecular formula is C14H27ClN2O. The van der Waals surface area contributed by atoms with Crippen molar-refractivity contribution in [1.82, 2.24) is 10.6 Å². The van der Waals surface area contributed by atoms with Gasteiger partial charge >= 0.3 is 0 Å². The highest BCUT2D eigenvalue weighted by molar-refractivity contribution is 6.19. The Labute approximate surface area is 116 Å². The fourth-order valence-electron chi connectivity index (χ4n) is 2.87. The van der Waals surface area contributed by atoms with Gasteiger partial charge in [-0.15, -0.1) is 11.6 Å². The lowest BCUT2D eigenvalue weighted by Gasteiger charge is -2.47. The molecule has 4 heteroatoms. The monoisotopic (exact) mass is 274 g/mol. The topological polar surface area (TPSA) is 41.1 Å². The fourth-order valence-corrected chi connectivity index (χ4v) is 2.99. The van der Waals surface area contributed by atoms with E-state index in [0.29, 0.717) is 5.88 Å². The summed E-state index contributed by atoms with van der Waals surface area (Å²) in [5.74, 6) is 0.396. The molecular weight excluding hydrogens is 248 g/mol. The van der Waals surface area contributed by atoms with Crippen LogP contribution in [0.5, 0.6) is 0 Å². The molecule has 2 N–H and O–H groups in total. The molecule has 3 nitrogen and oxygen atoms in total. The van der Waals surface area contributed by atoms with Crippen LogP contribution < -0.4 is 10.6 Å². The zero-order chi connectivity index (χ0) is 14.2. The van der Waals surface area contributed by atoms with Crippen LogP contribution in [0.15, 0.2) is 0 Å². The Kier molecular flexibility index (Phi) is 4.39. The van der Waals surface area contributed by atoms with Gasteiger partial charge < -0.3 is 10.6 Å². The molecule has 0 aromatic rings. The van der Waals surface area contributed by atoms with E-state index >= 15 is 0 Å². The van der Waals surface area contributed by atoms with Crippen LogP contribution in [-0.4, -0.2) is 28.9 Å². The van der Waals surface area contributed by atoms with Crippen LogP contribution in [0.25, 0.3) is 0 Å². The molecule has 0 saturated carbocycles. The summed E-state index contributed by atoms with van der Waals surface area (Å²) >= 11 is 5.84. The van der Waals surface area contributed by atoms with Crippen LogP contribution in [0.1, 0.15) is 54.4 Å². The minimum absolute atomic E-state index is 0.0464. The Hall–Kier alpha value is -0.280. The predicted octanol–water partition coefficient (Wildman–Crippen LogP) is 2.68. The first-order valence-corrected chi connectivity index (χ1v) is 7.17. The minimum Gasteiger partial charge on any atom is -0.353 e. The fraction of sp³-hybridized carbons (Fsp3) is 0.929. The van der Waals surface area contributed by atoms with Gasteiger partial charge in [0.25, 0.3) is 0 Å². The SMILES string of the molecule is CC1(C)CC(NC(=O)C(C)(C)CCl)CC(C)(C)N1. The third-order valence-electron chi connectivity index (χ3n) is 3.47. The highest BCUT2D eigenvalue weighted by Gasteiger charge is 2.39. The highest BCUT2D eigenvalue weighted by Crippen LogP contribution is 2.29. The summed E-state index contributed by atoms with van der Waals surface area (Å²) in [4.78, 5) is 12.2. The van der Waals surface area contributed by atoms with Crippen LogP contribution in [0.2, 0.25) is 0 Å². The molecule has 1 saturated heterocycles. The maximum Gasteiger partial charge on any atom is 0.227 e. The standard InChI is InChI=1S/C14H27ClN2O/c1-12(2,9-15)11(18)16-10-7-13(3,4)17-14(5,6)8-10/h10,17H,7-9H2,1-6H3,(H,16,18). The summed E-state index contributed by atoms with van der Waals surface area (Å²) in [6.07, 6.45) is 1.89. The van der Waals surface area contributed by atoms with Crippen molar-refractivity contribution < 1.29 is 4.79 Å². The Bertz CT molecular complexity index is 308. The van der Waals surface area contributed by atoms with Crippen molar-refractivity contribution >= 4 is 17.5 Å². The van der Waals surface area contributed by atoms with Crippen LogP contribution in [0, 0.1) is 5.41 Å². The van der Waals surface area contributed by atoms with Crippen molar-refractivity contribution in [3.05, 3.63) is 0 Å². The summed E-state index contributed by atoms with van der Waals surface area (Å²) < 4.78 is 0. The zero-order valence-electron chi connectivity index (χ0n) is 12.5. The first-order chi connectivity index (χ1) is 7.97. The third-order valence-corrected chi connectivity index (χ3v) is 4.14. The van der Waals surface area contributed by atoms with Gasteiger partial charge in [-0.2, -0.15) is 0 Å².